The van der Waals surface area contributed by atoms with Gasteiger partial charge in [0.1, 0.15) is 6.61 Å². The largest absolute Gasteiger partial charge is 0.493 e. The molecule has 3 heteroatoms. The van der Waals surface area contributed by atoms with Gasteiger partial charge in [-0.1, -0.05) is 34.1 Å². The third-order valence-electron chi connectivity index (χ3n) is 2.63. The SMILES string of the molecule is COc1ccc(C)cc1OCc1ccc(Br)cc1. The number of methoxy groups -OCH3 is 1. The molecule has 94 valence electrons. The molecular formula is C15H15BrO2. The summed E-state index contributed by atoms with van der Waals surface area (Å²) in [5.41, 5.74) is 2.28. The molecule has 0 fully saturated rings. The van der Waals surface area contributed by atoms with Gasteiger partial charge < -0.3 is 9.47 Å². The van der Waals surface area contributed by atoms with E-state index < -0.39 is 0 Å². The standard InChI is InChI=1S/C15H15BrO2/c1-11-3-8-14(17-2)15(9-11)18-10-12-4-6-13(16)7-5-12/h3-9H,10H2,1-2H3. The number of hydrogen-bond donors (Lipinski definition) is 0. The Kier molecular flexibility index (Phi) is 4.26. The van der Waals surface area contributed by atoms with Crippen molar-refractivity contribution in [2.75, 3.05) is 7.11 Å². The van der Waals surface area contributed by atoms with Crippen LogP contribution in [0.3, 0.4) is 0 Å². The molecule has 0 aliphatic rings. The third-order valence-corrected chi connectivity index (χ3v) is 3.16. The van der Waals surface area contributed by atoms with Crippen molar-refractivity contribution in [1.29, 1.82) is 0 Å². The van der Waals surface area contributed by atoms with Gasteiger partial charge in [-0.3, -0.25) is 0 Å². The van der Waals surface area contributed by atoms with Crippen LogP contribution in [0, 0.1) is 6.92 Å². The van der Waals surface area contributed by atoms with Crippen LogP contribution in [-0.4, -0.2) is 7.11 Å². The molecule has 2 aromatic rings. The summed E-state index contributed by atoms with van der Waals surface area (Å²) in [6, 6.07) is 14.0. The fourth-order valence-corrected chi connectivity index (χ4v) is 1.90. The monoisotopic (exact) mass is 306 g/mol. The summed E-state index contributed by atoms with van der Waals surface area (Å²) >= 11 is 3.41. The van der Waals surface area contributed by atoms with Crippen LogP contribution in [0.2, 0.25) is 0 Å². The summed E-state index contributed by atoms with van der Waals surface area (Å²) < 4.78 is 12.1. The molecular weight excluding hydrogens is 292 g/mol. The number of benzene rings is 2. The highest BCUT2D eigenvalue weighted by Crippen LogP contribution is 2.28. The van der Waals surface area contributed by atoms with Gasteiger partial charge in [0.2, 0.25) is 0 Å². The Balaban J connectivity index is 2.09. The van der Waals surface area contributed by atoms with Gasteiger partial charge in [0.15, 0.2) is 11.5 Å². The first-order valence-electron chi connectivity index (χ1n) is 5.71. The number of aryl methyl sites for hydroxylation is 1. The lowest BCUT2D eigenvalue weighted by atomic mass is 10.2. The van der Waals surface area contributed by atoms with E-state index in [1.54, 1.807) is 7.11 Å². The fourth-order valence-electron chi connectivity index (χ4n) is 1.64. The summed E-state index contributed by atoms with van der Waals surface area (Å²) in [6.45, 7) is 2.57. The van der Waals surface area contributed by atoms with Gasteiger partial charge in [-0.25, -0.2) is 0 Å². The molecule has 0 spiro atoms. The van der Waals surface area contributed by atoms with Crippen molar-refractivity contribution < 1.29 is 9.47 Å². The number of ether oxygens (including phenoxy) is 2. The molecule has 0 aromatic heterocycles. The van der Waals surface area contributed by atoms with E-state index in [4.69, 9.17) is 9.47 Å². The summed E-state index contributed by atoms with van der Waals surface area (Å²) in [4.78, 5) is 0. The van der Waals surface area contributed by atoms with Crippen molar-refractivity contribution in [1.82, 2.24) is 0 Å². The van der Waals surface area contributed by atoms with Gasteiger partial charge in [-0.2, -0.15) is 0 Å². The molecule has 0 amide bonds. The number of rotatable bonds is 4. The first-order valence-corrected chi connectivity index (χ1v) is 6.50. The van der Waals surface area contributed by atoms with E-state index in [2.05, 4.69) is 15.9 Å². The molecule has 0 unspecified atom stereocenters. The lowest BCUT2D eigenvalue weighted by molar-refractivity contribution is 0.284. The molecule has 2 aromatic carbocycles. The van der Waals surface area contributed by atoms with Gasteiger partial charge in [-0.05, 0) is 42.3 Å². The maximum atomic E-state index is 5.79. The van der Waals surface area contributed by atoms with Gasteiger partial charge >= 0.3 is 0 Å². The molecule has 0 bridgehead atoms. The Hall–Kier alpha value is -1.48. The minimum Gasteiger partial charge on any atom is -0.493 e. The smallest absolute Gasteiger partial charge is 0.161 e. The van der Waals surface area contributed by atoms with Crippen molar-refractivity contribution >= 4 is 15.9 Å². The molecule has 0 saturated heterocycles. The van der Waals surface area contributed by atoms with E-state index in [9.17, 15) is 0 Å². The van der Waals surface area contributed by atoms with Gasteiger partial charge in [-0.15, -0.1) is 0 Å². The topological polar surface area (TPSA) is 18.5 Å². The molecule has 18 heavy (non-hydrogen) atoms. The lowest BCUT2D eigenvalue weighted by Crippen LogP contribution is -1.97. The van der Waals surface area contributed by atoms with Crippen LogP contribution < -0.4 is 9.47 Å². The highest BCUT2D eigenvalue weighted by atomic mass is 79.9. The first kappa shape index (κ1) is 13.0. The van der Waals surface area contributed by atoms with Gasteiger partial charge in [0, 0.05) is 4.47 Å². The third kappa shape index (κ3) is 3.26. The Morgan fingerprint density at radius 3 is 2.39 bits per heavy atom. The number of halogens is 1. The van der Waals surface area contributed by atoms with Crippen LogP contribution in [0.15, 0.2) is 46.9 Å². The molecule has 0 radical (unpaired) electrons. The van der Waals surface area contributed by atoms with Crippen molar-refractivity contribution in [3.8, 4) is 11.5 Å². The highest BCUT2D eigenvalue weighted by molar-refractivity contribution is 9.10. The van der Waals surface area contributed by atoms with Crippen LogP contribution in [-0.2, 0) is 6.61 Å². The van der Waals surface area contributed by atoms with Crippen molar-refractivity contribution in [3.63, 3.8) is 0 Å². The van der Waals surface area contributed by atoms with E-state index in [1.165, 1.54) is 0 Å². The van der Waals surface area contributed by atoms with Gasteiger partial charge in [0.05, 0.1) is 7.11 Å². The maximum Gasteiger partial charge on any atom is 0.161 e. The highest BCUT2D eigenvalue weighted by Gasteiger charge is 2.04. The normalized spacial score (nSPS) is 10.2. The zero-order valence-electron chi connectivity index (χ0n) is 10.4. The molecule has 0 saturated carbocycles. The van der Waals surface area contributed by atoms with E-state index in [1.807, 2.05) is 49.4 Å². The predicted molar refractivity (Wildman–Crippen MR) is 76.2 cm³/mol. The summed E-state index contributed by atoms with van der Waals surface area (Å²) in [5.74, 6) is 1.54. The Bertz CT molecular complexity index is 521. The molecule has 0 aliphatic heterocycles. The van der Waals surface area contributed by atoms with Crippen LogP contribution in [0.5, 0.6) is 11.5 Å². The second kappa shape index (κ2) is 5.91. The average Bonchev–Trinajstić information content (AvgIpc) is 2.38. The minimum atomic E-state index is 0.535. The van der Waals surface area contributed by atoms with Crippen LogP contribution in [0.4, 0.5) is 0 Å². The summed E-state index contributed by atoms with van der Waals surface area (Å²) in [7, 11) is 1.65. The van der Waals surface area contributed by atoms with E-state index in [0.717, 1.165) is 27.1 Å². The molecule has 0 N–H and O–H groups in total. The second-order valence-corrected chi connectivity index (χ2v) is 4.99. The Morgan fingerprint density at radius 1 is 1.00 bits per heavy atom. The quantitative estimate of drug-likeness (QED) is 0.836. The fraction of sp³-hybridized carbons (Fsp3) is 0.200. The van der Waals surface area contributed by atoms with Crippen LogP contribution >= 0.6 is 15.9 Å². The molecule has 0 heterocycles. The molecule has 2 nitrogen and oxygen atoms in total. The summed E-state index contributed by atoms with van der Waals surface area (Å²) in [5, 5.41) is 0. The maximum absolute atomic E-state index is 5.79. The Morgan fingerprint density at radius 2 is 1.72 bits per heavy atom. The van der Waals surface area contributed by atoms with Crippen molar-refractivity contribution in [2.24, 2.45) is 0 Å². The van der Waals surface area contributed by atoms with E-state index >= 15 is 0 Å². The zero-order chi connectivity index (χ0) is 13.0. The van der Waals surface area contributed by atoms with Gasteiger partial charge in [0.25, 0.3) is 0 Å². The average molecular weight is 307 g/mol. The molecule has 2 rings (SSSR count). The summed E-state index contributed by atoms with van der Waals surface area (Å²) in [6.07, 6.45) is 0. The van der Waals surface area contributed by atoms with Crippen LogP contribution in [0.1, 0.15) is 11.1 Å². The first-order chi connectivity index (χ1) is 8.69. The van der Waals surface area contributed by atoms with Crippen molar-refractivity contribution in [3.05, 3.63) is 58.1 Å². The van der Waals surface area contributed by atoms with Crippen molar-refractivity contribution in [2.45, 2.75) is 13.5 Å². The van der Waals surface area contributed by atoms with E-state index in [-0.39, 0.29) is 0 Å². The molecule has 0 aliphatic carbocycles. The minimum absolute atomic E-state index is 0.535. The zero-order valence-corrected chi connectivity index (χ0v) is 12.0. The lowest BCUT2D eigenvalue weighted by Gasteiger charge is -2.11. The second-order valence-electron chi connectivity index (χ2n) is 4.07. The van der Waals surface area contributed by atoms with Crippen LogP contribution in [0.25, 0.3) is 0 Å². The van der Waals surface area contributed by atoms with E-state index in [0.29, 0.717) is 6.61 Å². The Labute approximate surface area is 116 Å². The predicted octanol–water partition coefficient (Wildman–Crippen LogP) is 4.35. The number of hydrogen-bond acceptors (Lipinski definition) is 2. The molecule has 0 atom stereocenters.